The van der Waals surface area contributed by atoms with Crippen LogP contribution < -0.4 is 4.74 Å². The maximum absolute atomic E-state index is 14.1. The van der Waals surface area contributed by atoms with Crippen molar-refractivity contribution in [1.82, 2.24) is 14.7 Å². The molecule has 2 bridgehead atoms. The summed E-state index contributed by atoms with van der Waals surface area (Å²) in [6.45, 7) is 2.98. The summed E-state index contributed by atoms with van der Waals surface area (Å²) in [6.07, 6.45) is 5.01. The van der Waals surface area contributed by atoms with Crippen molar-refractivity contribution in [3.8, 4) is 5.75 Å². The van der Waals surface area contributed by atoms with Crippen molar-refractivity contribution in [2.45, 2.75) is 63.3 Å². The number of ether oxygens (including phenoxy) is 1. The number of carbonyl (C=O) groups is 2. The average Bonchev–Trinajstić information content (AvgIpc) is 3.37. The Morgan fingerprint density at radius 2 is 1.45 bits per heavy atom. The van der Waals surface area contributed by atoms with Crippen molar-refractivity contribution in [2.75, 3.05) is 20.2 Å². The van der Waals surface area contributed by atoms with Crippen molar-refractivity contribution in [3.05, 3.63) is 65.7 Å². The Labute approximate surface area is 196 Å². The normalized spacial score (nSPS) is 25.9. The fourth-order valence-corrected chi connectivity index (χ4v) is 5.78. The molecule has 0 spiro atoms. The van der Waals surface area contributed by atoms with Crippen LogP contribution >= 0.6 is 0 Å². The molecule has 6 rings (SSSR count). The molecular formula is C27H33N3O3. The first-order valence-electron chi connectivity index (χ1n) is 12.2. The summed E-state index contributed by atoms with van der Waals surface area (Å²) in [4.78, 5) is 34.2. The number of piperazine rings is 1. The Morgan fingerprint density at radius 3 is 2.15 bits per heavy atom. The second kappa shape index (κ2) is 9.56. The van der Waals surface area contributed by atoms with Gasteiger partial charge in [-0.1, -0.05) is 42.5 Å². The van der Waals surface area contributed by atoms with Gasteiger partial charge in [-0.25, -0.2) is 0 Å². The number of carbonyl (C=O) groups excluding carboxylic acids is 2. The van der Waals surface area contributed by atoms with E-state index in [0.717, 1.165) is 49.2 Å². The topological polar surface area (TPSA) is 53.1 Å². The van der Waals surface area contributed by atoms with Crippen molar-refractivity contribution < 1.29 is 14.3 Å². The number of benzene rings is 2. The molecule has 4 saturated heterocycles. The highest BCUT2D eigenvalue weighted by atomic mass is 16.5. The minimum Gasteiger partial charge on any atom is -0.497 e. The van der Waals surface area contributed by atoms with E-state index in [-0.39, 0.29) is 23.9 Å². The molecule has 0 aliphatic carbocycles. The number of amides is 2. The predicted molar refractivity (Wildman–Crippen MR) is 127 cm³/mol. The number of rotatable bonds is 6. The largest absolute Gasteiger partial charge is 0.497 e. The molecule has 33 heavy (non-hydrogen) atoms. The van der Waals surface area contributed by atoms with E-state index in [1.165, 1.54) is 12.8 Å². The molecule has 3 atom stereocenters. The molecule has 2 amide bonds. The summed E-state index contributed by atoms with van der Waals surface area (Å²) in [5.74, 6) is 0.989. The minimum absolute atomic E-state index is 0.0849. The Morgan fingerprint density at radius 1 is 0.788 bits per heavy atom. The standard InChI is InChI=1S/C27H33N3O3/c1-33-22-14-12-21(13-15-22)19-30-25-23(28-16-5-6-17-28)10-7-11-24(26(30)31)29(27(25)32)18-20-8-3-2-4-9-20/h2-4,8-9,12-15,23-25H,5-7,10-11,16-19H2,1H3/t23-,24-,25-/m1/s1. The Hall–Kier alpha value is -2.86. The van der Waals surface area contributed by atoms with E-state index in [2.05, 4.69) is 4.90 Å². The maximum Gasteiger partial charge on any atom is 0.248 e. The third-order valence-electron chi connectivity index (χ3n) is 7.48. The summed E-state index contributed by atoms with van der Waals surface area (Å²) in [5.41, 5.74) is 2.10. The number of hydrogen-bond donors (Lipinski definition) is 0. The van der Waals surface area contributed by atoms with Gasteiger partial charge in [-0.05, 0) is 68.5 Å². The van der Waals surface area contributed by atoms with Crippen LogP contribution in [-0.2, 0) is 22.7 Å². The lowest BCUT2D eigenvalue weighted by Gasteiger charge is -2.51. The van der Waals surface area contributed by atoms with Gasteiger partial charge in [0.2, 0.25) is 11.8 Å². The number of methoxy groups -OCH3 is 1. The third-order valence-corrected chi connectivity index (χ3v) is 7.48. The zero-order valence-electron chi connectivity index (χ0n) is 19.4. The predicted octanol–water partition coefficient (Wildman–Crippen LogP) is 3.45. The lowest BCUT2D eigenvalue weighted by Crippen LogP contribution is -2.70. The molecule has 0 N–H and O–H groups in total. The quantitative estimate of drug-likeness (QED) is 0.681. The van der Waals surface area contributed by atoms with Gasteiger partial charge in [0.1, 0.15) is 17.8 Å². The van der Waals surface area contributed by atoms with Gasteiger partial charge in [0.25, 0.3) is 0 Å². The second-order valence-electron chi connectivity index (χ2n) is 9.47. The van der Waals surface area contributed by atoms with Crippen molar-refractivity contribution >= 4 is 11.8 Å². The van der Waals surface area contributed by atoms with E-state index in [1.807, 2.05) is 64.4 Å². The van der Waals surface area contributed by atoms with Crippen LogP contribution in [0.4, 0.5) is 0 Å². The van der Waals surface area contributed by atoms with E-state index >= 15 is 0 Å². The summed E-state index contributed by atoms with van der Waals surface area (Å²) in [5, 5.41) is 0. The van der Waals surface area contributed by atoms with Gasteiger partial charge in [-0.15, -0.1) is 0 Å². The van der Waals surface area contributed by atoms with Crippen LogP contribution in [0.1, 0.15) is 43.2 Å². The molecule has 0 aromatic heterocycles. The van der Waals surface area contributed by atoms with E-state index in [9.17, 15) is 9.59 Å². The summed E-state index contributed by atoms with van der Waals surface area (Å²) in [6, 6.07) is 17.1. The first-order chi connectivity index (χ1) is 16.2. The fourth-order valence-electron chi connectivity index (χ4n) is 5.78. The first-order valence-corrected chi connectivity index (χ1v) is 12.2. The number of likely N-dealkylation sites (tertiary alicyclic amines) is 1. The lowest BCUT2D eigenvalue weighted by molar-refractivity contribution is -0.169. The van der Waals surface area contributed by atoms with Crippen LogP contribution in [0.15, 0.2) is 54.6 Å². The number of nitrogens with zero attached hydrogens (tertiary/aromatic N) is 3. The molecule has 0 unspecified atom stereocenters. The molecule has 4 fully saturated rings. The number of hydrogen-bond acceptors (Lipinski definition) is 4. The van der Waals surface area contributed by atoms with Gasteiger partial charge in [0, 0.05) is 19.1 Å². The molecule has 2 aromatic carbocycles. The molecule has 6 heteroatoms. The Kier molecular flexibility index (Phi) is 6.36. The molecule has 2 aromatic rings. The van der Waals surface area contributed by atoms with E-state index in [4.69, 9.17) is 4.74 Å². The van der Waals surface area contributed by atoms with E-state index in [0.29, 0.717) is 13.1 Å². The SMILES string of the molecule is COc1ccc(CN2C(=O)[C@H]3CCC[C@@H](N4CCCC4)[C@@H]2C(=O)N3Cc2ccccc2)cc1. The Bertz CT molecular complexity index is 972. The molecule has 0 saturated carbocycles. The van der Waals surface area contributed by atoms with Crippen LogP contribution in [0.2, 0.25) is 0 Å². The lowest BCUT2D eigenvalue weighted by atomic mass is 9.86. The highest BCUT2D eigenvalue weighted by Gasteiger charge is 2.51. The average molecular weight is 448 g/mol. The number of fused-ring (bicyclic) bond motifs is 5. The smallest absolute Gasteiger partial charge is 0.248 e. The van der Waals surface area contributed by atoms with Crippen LogP contribution in [0.3, 0.4) is 0 Å². The molecule has 4 aliphatic rings. The summed E-state index contributed by atoms with van der Waals surface area (Å²) in [7, 11) is 1.65. The van der Waals surface area contributed by atoms with Crippen molar-refractivity contribution in [3.63, 3.8) is 0 Å². The Balaban J connectivity index is 1.49. The van der Waals surface area contributed by atoms with E-state index < -0.39 is 6.04 Å². The summed E-state index contributed by atoms with van der Waals surface area (Å²) >= 11 is 0. The van der Waals surface area contributed by atoms with Gasteiger partial charge in [-0.2, -0.15) is 0 Å². The van der Waals surface area contributed by atoms with Gasteiger partial charge < -0.3 is 14.5 Å². The first kappa shape index (κ1) is 22.0. The van der Waals surface area contributed by atoms with Crippen LogP contribution in [0.5, 0.6) is 5.75 Å². The van der Waals surface area contributed by atoms with Gasteiger partial charge >= 0.3 is 0 Å². The third kappa shape index (κ3) is 4.36. The van der Waals surface area contributed by atoms with Crippen LogP contribution in [0, 0.1) is 0 Å². The molecule has 4 aliphatic heterocycles. The highest BCUT2D eigenvalue weighted by Crippen LogP contribution is 2.34. The highest BCUT2D eigenvalue weighted by molar-refractivity contribution is 5.97. The zero-order chi connectivity index (χ0) is 22.8. The molecule has 6 nitrogen and oxygen atoms in total. The van der Waals surface area contributed by atoms with Gasteiger partial charge in [0.15, 0.2) is 0 Å². The van der Waals surface area contributed by atoms with Crippen LogP contribution in [-0.4, -0.2) is 64.8 Å². The van der Waals surface area contributed by atoms with Crippen molar-refractivity contribution in [2.24, 2.45) is 0 Å². The second-order valence-corrected chi connectivity index (χ2v) is 9.47. The summed E-state index contributed by atoms with van der Waals surface area (Å²) < 4.78 is 5.29. The monoisotopic (exact) mass is 447 g/mol. The maximum atomic E-state index is 14.1. The van der Waals surface area contributed by atoms with Crippen LogP contribution in [0.25, 0.3) is 0 Å². The molecular weight excluding hydrogens is 414 g/mol. The zero-order valence-corrected chi connectivity index (χ0v) is 19.4. The van der Waals surface area contributed by atoms with Gasteiger partial charge in [-0.3, -0.25) is 14.5 Å². The fraction of sp³-hybridized carbons (Fsp3) is 0.481. The molecule has 174 valence electrons. The minimum atomic E-state index is -0.432. The van der Waals surface area contributed by atoms with E-state index in [1.54, 1.807) is 7.11 Å². The van der Waals surface area contributed by atoms with Crippen molar-refractivity contribution in [1.29, 1.82) is 0 Å². The molecule has 0 radical (unpaired) electrons. The molecule has 4 heterocycles. The van der Waals surface area contributed by atoms with Gasteiger partial charge in [0.05, 0.1) is 7.11 Å².